The summed E-state index contributed by atoms with van der Waals surface area (Å²) in [5, 5.41) is 3.77. The molecule has 0 saturated carbocycles. The molecule has 0 amide bonds. The van der Waals surface area contributed by atoms with Gasteiger partial charge >= 0.3 is 5.97 Å². The molecule has 2 N–H and O–H groups in total. The van der Waals surface area contributed by atoms with Crippen LogP contribution in [0.25, 0.3) is 10.9 Å². The molecule has 1 aromatic heterocycles. The van der Waals surface area contributed by atoms with Gasteiger partial charge < -0.3 is 14.8 Å². The van der Waals surface area contributed by atoms with Crippen molar-refractivity contribution in [2.75, 3.05) is 17.1 Å². The Kier molecular flexibility index (Phi) is 7.46. The highest BCUT2D eigenvalue weighted by Crippen LogP contribution is 2.35. The van der Waals surface area contributed by atoms with Crippen LogP contribution in [0, 0.1) is 0 Å². The molecule has 0 fully saturated rings. The van der Waals surface area contributed by atoms with Gasteiger partial charge in [0.15, 0.2) is 0 Å². The molecule has 3 aromatic carbocycles. The number of ether oxygens (including phenoxy) is 2. The average molecular weight is 570 g/mol. The zero-order chi connectivity index (χ0) is 25.9. The molecule has 0 aliphatic heterocycles. The lowest BCUT2D eigenvalue weighted by atomic mass is 10.1. The number of rotatable bonds is 8. The van der Waals surface area contributed by atoms with Gasteiger partial charge in [-0.15, -0.1) is 0 Å². The predicted molar refractivity (Wildman–Crippen MR) is 144 cm³/mol. The predicted octanol–water partition coefficient (Wildman–Crippen LogP) is 6.12. The van der Waals surface area contributed by atoms with Gasteiger partial charge in [0.05, 0.1) is 36.2 Å². The first kappa shape index (κ1) is 25.5. The smallest absolute Gasteiger partial charge is 0.338 e. The molecule has 0 radical (unpaired) electrons. The van der Waals surface area contributed by atoms with Crippen LogP contribution in [0.5, 0.6) is 5.75 Å². The minimum absolute atomic E-state index is 0.0593. The number of anilines is 3. The lowest BCUT2D eigenvalue weighted by molar-refractivity contribution is 0.0600. The van der Waals surface area contributed by atoms with Crippen LogP contribution in [-0.2, 0) is 14.8 Å². The summed E-state index contributed by atoms with van der Waals surface area (Å²) in [6.45, 7) is 3.73. The first-order valence-electron chi connectivity index (χ1n) is 11.0. The lowest BCUT2D eigenvalue weighted by Gasteiger charge is -2.18. The average Bonchev–Trinajstić information content (AvgIpc) is 2.83. The summed E-state index contributed by atoms with van der Waals surface area (Å²) in [7, 11) is -2.74. The highest BCUT2D eigenvalue weighted by molar-refractivity contribution is 9.10. The molecule has 10 heteroatoms. The van der Waals surface area contributed by atoms with Crippen molar-refractivity contribution in [3.8, 4) is 5.75 Å². The van der Waals surface area contributed by atoms with Crippen LogP contribution >= 0.6 is 15.9 Å². The zero-order valence-electron chi connectivity index (χ0n) is 19.8. The van der Waals surface area contributed by atoms with Crippen LogP contribution in [0.1, 0.15) is 24.2 Å². The first-order valence-corrected chi connectivity index (χ1v) is 13.3. The molecular formula is C26H24BrN3O5S. The summed E-state index contributed by atoms with van der Waals surface area (Å²) in [5.74, 6) is -0.113. The Balaban J connectivity index is 1.87. The van der Waals surface area contributed by atoms with Crippen LogP contribution in [0.4, 0.5) is 17.1 Å². The van der Waals surface area contributed by atoms with Gasteiger partial charge in [0.25, 0.3) is 10.0 Å². The number of esters is 1. The van der Waals surface area contributed by atoms with Crippen molar-refractivity contribution in [3.63, 3.8) is 0 Å². The maximum absolute atomic E-state index is 13.5. The Morgan fingerprint density at radius 2 is 1.75 bits per heavy atom. The fourth-order valence-corrected chi connectivity index (χ4v) is 5.12. The van der Waals surface area contributed by atoms with E-state index in [4.69, 9.17) is 9.47 Å². The van der Waals surface area contributed by atoms with E-state index in [2.05, 4.69) is 31.0 Å². The third-order valence-corrected chi connectivity index (χ3v) is 6.97. The normalized spacial score (nSPS) is 11.4. The van der Waals surface area contributed by atoms with Gasteiger partial charge in [-0.3, -0.25) is 9.71 Å². The third-order valence-electron chi connectivity index (χ3n) is 5.08. The van der Waals surface area contributed by atoms with Crippen LogP contribution in [0.2, 0.25) is 0 Å². The number of carbonyl (C=O) groups excluding carboxylic acids is 1. The van der Waals surface area contributed by atoms with Crippen LogP contribution in [0.15, 0.2) is 82.3 Å². The molecule has 1 heterocycles. The summed E-state index contributed by atoms with van der Waals surface area (Å²) in [5.41, 5.74) is 1.99. The maximum Gasteiger partial charge on any atom is 0.338 e. The van der Waals surface area contributed by atoms with Crippen LogP contribution in [0.3, 0.4) is 0 Å². The number of halogens is 1. The second-order valence-electron chi connectivity index (χ2n) is 8.16. The second-order valence-corrected chi connectivity index (χ2v) is 10.7. The van der Waals surface area contributed by atoms with E-state index in [0.717, 1.165) is 4.47 Å². The lowest BCUT2D eigenvalue weighted by Crippen LogP contribution is -2.15. The van der Waals surface area contributed by atoms with Crippen LogP contribution in [-0.4, -0.2) is 32.6 Å². The quantitative estimate of drug-likeness (QED) is 0.246. The number of fused-ring (bicyclic) bond motifs is 1. The minimum Gasteiger partial charge on any atom is -0.491 e. The number of benzene rings is 3. The van der Waals surface area contributed by atoms with E-state index in [9.17, 15) is 13.2 Å². The first-order chi connectivity index (χ1) is 17.2. The van der Waals surface area contributed by atoms with E-state index in [0.29, 0.717) is 33.7 Å². The van der Waals surface area contributed by atoms with E-state index >= 15 is 0 Å². The summed E-state index contributed by atoms with van der Waals surface area (Å²) in [4.78, 5) is 16.6. The number of carbonyl (C=O) groups is 1. The molecule has 36 heavy (non-hydrogen) atoms. The Labute approximate surface area is 217 Å². The molecule has 0 aliphatic carbocycles. The summed E-state index contributed by atoms with van der Waals surface area (Å²) >= 11 is 3.43. The van der Waals surface area contributed by atoms with Crippen molar-refractivity contribution in [2.24, 2.45) is 0 Å². The fraction of sp³-hybridized carbons (Fsp3) is 0.154. The largest absolute Gasteiger partial charge is 0.491 e. The molecule has 186 valence electrons. The van der Waals surface area contributed by atoms with Gasteiger partial charge in [0.2, 0.25) is 0 Å². The SMILES string of the molecule is COC(=O)c1cc(Nc2c(S(=O)(=O)Nc3ccccc3)cnc3cc(Br)ccc23)cc(OC(C)C)c1. The highest BCUT2D eigenvalue weighted by Gasteiger charge is 2.23. The number of hydrogen-bond acceptors (Lipinski definition) is 7. The molecule has 4 aromatic rings. The van der Waals surface area contributed by atoms with Gasteiger partial charge in [-0.2, -0.15) is 0 Å². The highest BCUT2D eigenvalue weighted by atomic mass is 79.9. The van der Waals surface area contributed by atoms with E-state index in [1.165, 1.54) is 13.3 Å². The van der Waals surface area contributed by atoms with Crippen molar-refractivity contribution < 1.29 is 22.7 Å². The summed E-state index contributed by atoms with van der Waals surface area (Å²) < 4.78 is 41.0. The molecular weight excluding hydrogens is 546 g/mol. The number of nitrogens with one attached hydrogen (secondary N) is 2. The number of para-hydroxylation sites is 1. The van der Waals surface area contributed by atoms with Gasteiger partial charge in [-0.25, -0.2) is 13.2 Å². The van der Waals surface area contributed by atoms with Gasteiger partial charge in [0.1, 0.15) is 10.6 Å². The number of nitrogens with zero attached hydrogens (tertiary/aromatic N) is 1. The number of sulfonamides is 1. The van der Waals surface area contributed by atoms with Crippen molar-refractivity contribution in [2.45, 2.75) is 24.8 Å². The molecule has 0 spiro atoms. The molecule has 0 unspecified atom stereocenters. The van der Waals surface area contributed by atoms with E-state index in [1.54, 1.807) is 66.7 Å². The second kappa shape index (κ2) is 10.5. The van der Waals surface area contributed by atoms with Crippen molar-refractivity contribution >= 4 is 59.9 Å². The minimum atomic E-state index is -4.04. The monoisotopic (exact) mass is 569 g/mol. The Hall–Kier alpha value is -3.63. The molecule has 0 saturated heterocycles. The zero-order valence-corrected chi connectivity index (χ0v) is 22.2. The summed E-state index contributed by atoms with van der Waals surface area (Å²) in [6, 6.07) is 18.8. The Morgan fingerprint density at radius 1 is 1.00 bits per heavy atom. The molecule has 8 nitrogen and oxygen atoms in total. The van der Waals surface area contributed by atoms with Crippen molar-refractivity contribution in [1.29, 1.82) is 0 Å². The van der Waals surface area contributed by atoms with E-state index in [1.807, 2.05) is 13.8 Å². The van der Waals surface area contributed by atoms with Gasteiger partial charge in [-0.1, -0.05) is 34.1 Å². The number of aromatic nitrogens is 1. The van der Waals surface area contributed by atoms with Gasteiger partial charge in [-0.05, 0) is 56.3 Å². The Morgan fingerprint density at radius 3 is 2.44 bits per heavy atom. The molecule has 4 rings (SSSR count). The van der Waals surface area contributed by atoms with E-state index < -0.39 is 16.0 Å². The number of hydrogen-bond donors (Lipinski definition) is 2. The third kappa shape index (κ3) is 5.77. The van der Waals surface area contributed by atoms with E-state index in [-0.39, 0.29) is 16.6 Å². The molecule has 0 atom stereocenters. The van der Waals surface area contributed by atoms with Gasteiger partial charge in [0, 0.05) is 27.3 Å². The number of methoxy groups -OCH3 is 1. The maximum atomic E-state index is 13.5. The topological polar surface area (TPSA) is 107 Å². The standard InChI is InChI=1S/C26H24BrN3O5S/c1-16(2)35-21-12-17(26(31)34-3)11-20(14-21)29-25-22-10-9-18(27)13-23(22)28-15-24(25)36(32,33)30-19-7-5-4-6-8-19/h4-16,30H,1-3H3,(H,28,29). The van der Waals surface area contributed by atoms with Crippen molar-refractivity contribution in [1.82, 2.24) is 4.98 Å². The van der Waals surface area contributed by atoms with Crippen LogP contribution < -0.4 is 14.8 Å². The van der Waals surface area contributed by atoms with Crippen molar-refractivity contribution in [3.05, 3.63) is 83.0 Å². The number of pyridine rings is 1. The fourth-order valence-electron chi connectivity index (χ4n) is 3.59. The molecule has 0 aliphatic rings. The summed E-state index contributed by atoms with van der Waals surface area (Å²) in [6.07, 6.45) is 1.16. The Bertz CT molecular complexity index is 1530. The molecule has 0 bridgehead atoms.